The molecule has 0 aliphatic carbocycles. The fourth-order valence-electron chi connectivity index (χ4n) is 1.55. The van der Waals surface area contributed by atoms with Crippen LogP contribution in [0.3, 0.4) is 0 Å². The minimum atomic E-state index is -0.601. The first-order valence-electron chi connectivity index (χ1n) is 7.16. The van der Waals surface area contributed by atoms with Crippen molar-refractivity contribution in [2.45, 2.75) is 59.7 Å². The first-order valence-corrected chi connectivity index (χ1v) is 7.98. The van der Waals surface area contributed by atoms with Crippen molar-refractivity contribution in [2.24, 2.45) is 0 Å². The zero-order chi connectivity index (χ0) is 17.1. The first-order chi connectivity index (χ1) is 9.93. The quantitative estimate of drug-likeness (QED) is 0.780. The van der Waals surface area contributed by atoms with E-state index >= 15 is 0 Å². The molecule has 0 spiro atoms. The molecule has 5 nitrogen and oxygen atoms in total. The maximum atomic E-state index is 12.2. The Morgan fingerprint density at radius 1 is 1.05 bits per heavy atom. The molecule has 1 rings (SSSR count). The molecule has 22 heavy (non-hydrogen) atoms. The lowest BCUT2D eigenvalue weighted by molar-refractivity contribution is 0.00741. The molecule has 124 valence electrons. The van der Waals surface area contributed by atoms with Crippen molar-refractivity contribution in [1.82, 2.24) is 0 Å². The van der Waals surface area contributed by atoms with E-state index in [9.17, 15) is 9.59 Å². The summed E-state index contributed by atoms with van der Waals surface area (Å²) in [6.45, 7) is 13.0. The molecule has 0 radical (unpaired) electrons. The normalized spacial score (nSPS) is 12.0. The number of hydrogen-bond donors (Lipinski definition) is 0. The molecular weight excluding hydrogens is 304 g/mol. The molecule has 6 heteroatoms. The van der Waals surface area contributed by atoms with Crippen LogP contribution in [0.5, 0.6) is 5.75 Å². The van der Waals surface area contributed by atoms with Gasteiger partial charge in [0, 0.05) is 6.07 Å². The number of carbonyl (C=O) groups excluding carboxylic acids is 2. The molecule has 0 aliphatic heterocycles. The van der Waals surface area contributed by atoms with E-state index < -0.39 is 23.1 Å². The standard InChI is InChI=1S/C16H24O5S/c1-8-19-14(18)12-10(20-15(2,3)4)9-11(22-12)13(17)21-16(5,6)7/h9H,8H2,1-7H3. The highest BCUT2D eigenvalue weighted by Crippen LogP contribution is 2.33. The van der Waals surface area contributed by atoms with Gasteiger partial charge in [0.15, 0.2) is 4.88 Å². The third-order valence-electron chi connectivity index (χ3n) is 2.18. The summed E-state index contributed by atoms with van der Waals surface area (Å²) in [5.74, 6) is -0.634. The molecule has 0 bridgehead atoms. The van der Waals surface area contributed by atoms with Gasteiger partial charge in [-0.15, -0.1) is 11.3 Å². The summed E-state index contributed by atoms with van der Waals surface area (Å²) in [5, 5.41) is 0. The molecule has 0 atom stereocenters. The molecule has 1 heterocycles. The predicted octanol–water partition coefficient (Wildman–Crippen LogP) is 4.06. The lowest BCUT2D eigenvalue weighted by Crippen LogP contribution is -2.24. The Balaban J connectivity index is 3.14. The van der Waals surface area contributed by atoms with Crippen LogP contribution >= 0.6 is 11.3 Å². The van der Waals surface area contributed by atoms with Crippen LogP contribution < -0.4 is 4.74 Å². The van der Waals surface area contributed by atoms with E-state index in [-0.39, 0.29) is 11.5 Å². The summed E-state index contributed by atoms with van der Waals surface area (Å²) >= 11 is 1.02. The third kappa shape index (κ3) is 5.67. The van der Waals surface area contributed by atoms with Gasteiger partial charge in [0.1, 0.15) is 21.8 Å². The number of carbonyl (C=O) groups is 2. The van der Waals surface area contributed by atoms with Crippen molar-refractivity contribution in [3.8, 4) is 5.75 Å². The van der Waals surface area contributed by atoms with Gasteiger partial charge < -0.3 is 14.2 Å². The van der Waals surface area contributed by atoms with Crippen LogP contribution in [-0.4, -0.2) is 29.7 Å². The molecule has 0 saturated carbocycles. The van der Waals surface area contributed by atoms with Gasteiger partial charge in [0.2, 0.25) is 0 Å². The summed E-state index contributed by atoms with van der Waals surface area (Å²) in [7, 11) is 0. The van der Waals surface area contributed by atoms with E-state index in [2.05, 4.69) is 0 Å². The maximum Gasteiger partial charge on any atom is 0.352 e. The zero-order valence-corrected chi connectivity index (χ0v) is 15.1. The lowest BCUT2D eigenvalue weighted by atomic mass is 10.2. The van der Waals surface area contributed by atoms with Crippen LogP contribution in [0, 0.1) is 0 Å². The van der Waals surface area contributed by atoms with Gasteiger partial charge in [-0.3, -0.25) is 0 Å². The highest BCUT2D eigenvalue weighted by Gasteiger charge is 2.27. The molecule has 0 N–H and O–H groups in total. The van der Waals surface area contributed by atoms with E-state index in [1.165, 1.54) is 6.07 Å². The lowest BCUT2D eigenvalue weighted by Gasteiger charge is -2.21. The first kappa shape index (κ1) is 18.5. The van der Waals surface area contributed by atoms with Crippen LogP contribution in [0.1, 0.15) is 67.8 Å². The van der Waals surface area contributed by atoms with Gasteiger partial charge in [-0.05, 0) is 48.5 Å². The Bertz CT molecular complexity index is 546. The van der Waals surface area contributed by atoms with Crippen molar-refractivity contribution in [3.05, 3.63) is 15.8 Å². The van der Waals surface area contributed by atoms with E-state index in [1.807, 2.05) is 20.8 Å². The predicted molar refractivity (Wildman–Crippen MR) is 85.8 cm³/mol. The van der Waals surface area contributed by atoms with Gasteiger partial charge in [-0.2, -0.15) is 0 Å². The molecule has 0 unspecified atom stereocenters. The van der Waals surface area contributed by atoms with Gasteiger partial charge in [0.05, 0.1) is 6.61 Å². The summed E-state index contributed by atoms with van der Waals surface area (Å²) in [6.07, 6.45) is 0. The Morgan fingerprint density at radius 2 is 1.64 bits per heavy atom. The minimum absolute atomic E-state index is 0.257. The van der Waals surface area contributed by atoms with Gasteiger partial charge in [-0.25, -0.2) is 9.59 Å². The number of ether oxygens (including phenoxy) is 3. The molecule has 0 aromatic carbocycles. The molecule has 0 saturated heterocycles. The van der Waals surface area contributed by atoms with E-state index in [0.29, 0.717) is 10.6 Å². The van der Waals surface area contributed by atoms with Crippen molar-refractivity contribution in [3.63, 3.8) is 0 Å². The summed E-state index contributed by atoms with van der Waals surface area (Å²) in [6, 6.07) is 1.54. The van der Waals surface area contributed by atoms with E-state index in [0.717, 1.165) is 11.3 Å². The second kappa shape index (κ2) is 6.69. The van der Waals surface area contributed by atoms with E-state index in [1.54, 1.807) is 27.7 Å². The van der Waals surface area contributed by atoms with Crippen molar-refractivity contribution in [2.75, 3.05) is 6.61 Å². The second-order valence-corrected chi connectivity index (χ2v) is 7.79. The Hall–Kier alpha value is -1.56. The summed E-state index contributed by atoms with van der Waals surface area (Å²) in [4.78, 5) is 24.8. The Kier molecular flexibility index (Phi) is 5.62. The van der Waals surface area contributed by atoms with Gasteiger partial charge in [-0.1, -0.05) is 0 Å². The molecule has 0 fully saturated rings. The monoisotopic (exact) mass is 328 g/mol. The maximum absolute atomic E-state index is 12.2. The number of hydrogen-bond acceptors (Lipinski definition) is 6. The second-order valence-electron chi connectivity index (χ2n) is 6.74. The smallest absolute Gasteiger partial charge is 0.352 e. The summed E-state index contributed by atoms with van der Waals surface area (Å²) in [5.41, 5.74) is -1.09. The third-order valence-corrected chi connectivity index (χ3v) is 3.25. The SMILES string of the molecule is CCOC(=O)c1sc(C(=O)OC(C)(C)C)cc1OC(C)(C)C. The molecular formula is C16H24O5S. The number of esters is 2. The fraction of sp³-hybridized carbons (Fsp3) is 0.625. The summed E-state index contributed by atoms with van der Waals surface area (Å²) < 4.78 is 16.1. The van der Waals surface area contributed by atoms with Crippen LogP contribution in [-0.2, 0) is 9.47 Å². The largest absolute Gasteiger partial charge is 0.486 e. The number of rotatable bonds is 4. The van der Waals surface area contributed by atoms with Crippen molar-refractivity contribution >= 4 is 23.3 Å². The van der Waals surface area contributed by atoms with Crippen molar-refractivity contribution in [1.29, 1.82) is 0 Å². The van der Waals surface area contributed by atoms with Crippen molar-refractivity contribution < 1.29 is 23.8 Å². The van der Waals surface area contributed by atoms with Crippen LogP contribution in [0.4, 0.5) is 0 Å². The van der Waals surface area contributed by atoms with Crippen LogP contribution in [0.25, 0.3) is 0 Å². The molecule has 0 aliphatic rings. The topological polar surface area (TPSA) is 61.8 Å². The zero-order valence-electron chi connectivity index (χ0n) is 14.2. The molecule has 1 aromatic heterocycles. The molecule has 0 amide bonds. The molecule has 1 aromatic rings. The highest BCUT2D eigenvalue weighted by molar-refractivity contribution is 7.16. The van der Waals surface area contributed by atoms with Gasteiger partial charge >= 0.3 is 11.9 Å². The highest BCUT2D eigenvalue weighted by atomic mass is 32.1. The Labute approximate surface area is 135 Å². The Morgan fingerprint density at radius 3 is 2.09 bits per heavy atom. The fourth-order valence-corrected chi connectivity index (χ4v) is 2.40. The van der Waals surface area contributed by atoms with Crippen LogP contribution in [0.2, 0.25) is 0 Å². The van der Waals surface area contributed by atoms with Gasteiger partial charge in [0.25, 0.3) is 0 Å². The average molecular weight is 328 g/mol. The van der Waals surface area contributed by atoms with E-state index in [4.69, 9.17) is 14.2 Å². The number of thiophene rings is 1. The average Bonchev–Trinajstić information content (AvgIpc) is 2.68. The van der Waals surface area contributed by atoms with Crippen LogP contribution in [0.15, 0.2) is 6.07 Å². The minimum Gasteiger partial charge on any atom is -0.486 e.